The van der Waals surface area contributed by atoms with E-state index >= 15 is 0 Å². The van der Waals surface area contributed by atoms with E-state index in [1.165, 1.54) is 0 Å². The SMILES string of the molecule is COc1ccc(C)cc1C(N)CS(=O)c1cccc(C)c1. The maximum absolute atomic E-state index is 12.5. The topological polar surface area (TPSA) is 52.3 Å². The van der Waals surface area contributed by atoms with Gasteiger partial charge in [0.1, 0.15) is 5.75 Å². The van der Waals surface area contributed by atoms with Gasteiger partial charge in [0.25, 0.3) is 0 Å². The molecule has 4 heteroatoms. The molecule has 2 rings (SSSR count). The summed E-state index contributed by atoms with van der Waals surface area (Å²) in [5.41, 5.74) is 9.36. The molecule has 0 fully saturated rings. The number of ether oxygens (including phenoxy) is 1. The molecule has 0 amide bonds. The van der Waals surface area contributed by atoms with Gasteiger partial charge in [0.2, 0.25) is 0 Å². The van der Waals surface area contributed by atoms with Gasteiger partial charge in [0.05, 0.1) is 17.9 Å². The molecule has 3 nitrogen and oxygen atoms in total. The monoisotopic (exact) mass is 303 g/mol. The minimum atomic E-state index is -1.12. The van der Waals surface area contributed by atoms with Crippen LogP contribution in [0.2, 0.25) is 0 Å². The molecule has 21 heavy (non-hydrogen) atoms. The largest absolute Gasteiger partial charge is 0.496 e. The van der Waals surface area contributed by atoms with E-state index in [9.17, 15) is 4.21 Å². The second kappa shape index (κ2) is 6.87. The number of nitrogens with two attached hydrogens (primary N) is 1. The highest BCUT2D eigenvalue weighted by atomic mass is 32.2. The summed E-state index contributed by atoms with van der Waals surface area (Å²) in [5, 5.41) is 0. The second-order valence-electron chi connectivity index (χ2n) is 5.18. The average Bonchev–Trinajstić information content (AvgIpc) is 2.47. The summed E-state index contributed by atoms with van der Waals surface area (Å²) in [6.45, 7) is 4.00. The molecule has 0 aliphatic rings. The third kappa shape index (κ3) is 3.93. The summed E-state index contributed by atoms with van der Waals surface area (Å²) >= 11 is 0. The molecule has 0 saturated heterocycles. The maximum atomic E-state index is 12.5. The van der Waals surface area contributed by atoms with Crippen molar-refractivity contribution in [2.45, 2.75) is 24.8 Å². The van der Waals surface area contributed by atoms with Crippen molar-refractivity contribution in [1.82, 2.24) is 0 Å². The van der Waals surface area contributed by atoms with E-state index < -0.39 is 10.8 Å². The fourth-order valence-electron chi connectivity index (χ4n) is 2.25. The lowest BCUT2D eigenvalue weighted by Gasteiger charge is -2.16. The minimum absolute atomic E-state index is 0.318. The summed E-state index contributed by atoms with van der Waals surface area (Å²) in [6.07, 6.45) is 0. The van der Waals surface area contributed by atoms with Crippen LogP contribution in [0.5, 0.6) is 5.75 Å². The van der Waals surface area contributed by atoms with Crippen molar-refractivity contribution >= 4 is 10.8 Å². The van der Waals surface area contributed by atoms with Crippen molar-refractivity contribution in [3.8, 4) is 5.75 Å². The number of hydrogen-bond donors (Lipinski definition) is 1. The van der Waals surface area contributed by atoms with Crippen LogP contribution >= 0.6 is 0 Å². The van der Waals surface area contributed by atoms with Crippen LogP contribution in [-0.2, 0) is 10.8 Å². The molecule has 2 atom stereocenters. The van der Waals surface area contributed by atoms with Gasteiger partial charge in [0, 0.05) is 22.3 Å². The lowest BCUT2D eigenvalue weighted by molar-refractivity contribution is 0.407. The molecule has 2 aromatic rings. The molecule has 0 aromatic heterocycles. The fourth-order valence-corrected chi connectivity index (χ4v) is 3.50. The standard InChI is InChI=1S/C17H21NO2S/c1-12-5-4-6-14(9-12)21(19)11-16(18)15-10-13(2)7-8-17(15)20-3/h4-10,16H,11,18H2,1-3H3. The first-order valence-electron chi connectivity index (χ1n) is 6.86. The average molecular weight is 303 g/mol. The van der Waals surface area contributed by atoms with Crippen LogP contribution < -0.4 is 10.5 Å². The molecular formula is C17H21NO2S. The molecule has 2 N–H and O–H groups in total. The predicted octanol–water partition coefficient (Wildman–Crippen LogP) is 3.12. The molecule has 0 aliphatic heterocycles. The number of rotatable bonds is 5. The zero-order valence-corrected chi connectivity index (χ0v) is 13.4. The van der Waals surface area contributed by atoms with Gasteiger partial charge in [-0.05, 0) is 37.6 Å². The van der Waals surface area contributed by atoms with E-state index in [0.29, 0.717) is 5.75 Å². The van der Waals surface area contributed by atoms with Gasteiger partial charge >= 0.3 is 0 Å². The van der Waals surface area contributed by atoms with Gasteiger partial charge in [-0.15, -0.1) is 0 Å². The molecule has 0 saturated carbocycles. The number of aryl methyl sites for hydroxylation is 2. The Morgan fingerprint density at radius 1 is 1.14 bits per heavy atom. The lowest BCUT2D eigenvalue weighted by atomic mass is 10.1. The highest BCUT2D eigenvalue weighted by Crippen LogP contribution is 2.26. The van der Waals surface area contributed by atoms with E-state index in [4.69, 9.17) is 10.5 Å². The summed E-state index contributed by atoms with van der Waals surface area (Å²) in [6, 6.07) is 13.3. The predicted molar refractivity (Wildman–Crippen MR) is 87.1 cm³/mol. The Morgan fingerprint density at radius 2 is 1.86 bits per heavy atom. The molecule has 0 aliphatic carbocycles. The van der Waals surface area contributed by atoms with Crippen LogP contribution in [0.3, 0.4) is 0 Å². The van der Waals surface area contributed by atoms with Crippen molar-refractivity contribution in [2.75, 3.05) is 12.9 Å². The highest BCUT2D eigenvalue weighted by molar-refractivity contribution is 7.85. The smallest absolute Gasteiger partial charge is 0.123 e. The molecule has 0 bridgehead atoms. The summed E-state index contributed by atoms with van der Waals surface area (Å²) in [7, 11) is 0.502. The summed E-state index contributed by atoms with van der Waals surface area (Å²) in [4.78, 5) is 0.817. The molecule has 112 valence electrons. The Hall–Kier alpha value is -1.65. The molecule has 0 spiro atoms. The van der Waals surface area contributed by atoms with Gasteiger partial charge in [0.15, 0.2) is 0 Å². The Kier molecular flexibility index (Phi) is 5.15. The quantitative estimate of drug-likeness (QED) is 0.923. The van der Waals surface area contributed by atoms with E-state index in [-0.39, 0.29) is 6.04 Å². The van der Waals surface area contributed by atoms with E-state index in [1.807, 2.05) is 56.3 Å². The molecular weight excluding hydrogens is 282 g/mol. The first kappa shape index (κ1) is 15.7. The van der Waals surface area contributed by atoms with Crippen LogP contribution in [0, 0.1) is 13.8 Å². The summed E-state index contributed by atoms with van der Waals surface area (Å²) in [5.74, 6) is 1.12. The highest BCUT2D eigenvalue weighted by Gasteiger charge is 2.16. The normalized spacial score (nSPS) is 13.7. The van der Waals surface area contributed by atoms with Gasteiger partial charge < -0.3 is 10.5 Å². The molecule has 2 unspecified atom stereocenters. The lowest BCUT2D eigenvalue weighted by Crippen LogP contribution is -2.19. The van der Waals surface area contributed by atoms with Crippen LogP contribution in [0.4, 0.5) is 0 Å². The zero-order chi connectivity index (χ0) is 15.4. The van der Waals surface area contributed by atoms with Crippen LogP contribution in [0.25, 0.3) is 0 Å². The first-order valence-corrected chi connectivity index (χ1v) is 8.18. The van der Waals surface area contributed by atoms with Crippen LogP contribution in [-0.4, -0.2) is 17.1 Å². The second-order valence-corrected chi connectivity index (χ2v) is 6.68. The Labute approximate surface area is 128 Å². The van der Waals surface area contributed by atoms with Crippen molar-refractivity contribution in [3.05, 3.63) is 59.2 Å². The summed E-state index contributed by atoms with van der Waals surface area (Å²) < 4.78 is 17.8. The number of methoxy groups -OCH3 is 1. The van der Waals surface area contributed by atoms with Crippen LogP contribution in [0.15, 0.2) is 47.4 Å². The number of benzene rings is 2. The Balaban J connectivity index is 2.20. The van der Waals surface area contributed by atoms with E-state index in [0.717, 1.165) is 27.3 Å². The Bertz CT molecular complexity index is 655. The van der Waals surface area contributed by atoms with Crippen molar-refractivity contribution < 1.29 is 8.95 Å². The molecule has 0 radical (unpaired) electrons. The minimum Gasteiger partial charge on any atom is -0.496 e. The van der Waals surface area contributed by atoms with Crippen molar-refractivity contribution in [1.29, 1.82) is 0 Å². The van der Waals surface area contributed by atoms with Gasteiger partial charge in [-0.2, -0.15) is 0 Å². The first-order chi connectivity index (χ1) is 10.0. The maximum Gasteiger partial charge on any atom is 0.123 e. The number of hydrogen-bond acceptors (Lipinski definition) is 3. The van der Waals surface area contributed by atoms with E-state index in [2.05, 4.69) is 0 Å². The van der Waals surface area contributed by atoms with Gasteiger partial charge in [-0.1, -0.05) is 29.8 Å². The molecule has 0 heterocycles. The molecule has 2 aromatic carbocycles. The third-order valence-corrected chi connectivity index (χ3v) is 4.81. The zero-order valence-electron chi connectivity index (χ0n) is 12.6. The Morgan fingerprint density at radius 3 is 2.52 bits per heavy atom. The van der Waals surface area contributed by atoms with Gasteiger partial charge in [-0.3, -0.25) is 4.21 Å². The third-order valence-electron chi connectivity index (χ3n) is 3.37. The van der Waals surface area contributed by atoms with Crippen molar-refractivity contribution in [3.63, 3.8) is 0 Å². The van der Waals surface area contributed by atoms with E-state index in [1.54, 1.807) is 7.11 Å². The van der Waals surface area contributed by atoms with Crippen LogP contribution in [0.1, 0.15) is 22.7 Å². The fraction of sp³-hybridized carbons (Fsp3) is 0.294. The van der Waals surface area contributed by atoms with Crippen molar-refractivity contribution in [2.24, 2.45) is 5.73 Å². The van der Waals surface area contributed by atoms with Gasteiger partial charge in [-0.25, -0.2) is 0 Å².